The normalized spacial score (nSPS) is 16.3. The summed E-state index contributed by atoms with van der Waals surface area (Å²) in [5.74, 6) is -1.06. The van der Waals surface area contributed by atoms with Gasteiger partial charge in [-0.15, -0.1) is 0 Å². The Morgan fingerprint density at radius 3 is 2.49 bits per heavy atom. The van der Waals surface area contributed by atoms with Crippen molar-refractivity contribution >= 4 is 35.3 Å². The number of rotatable bonds is 18. The number of likely N-dealkylation sites (N-methyl/N-ethyl adjacent to an activating group) is 2. The lowest BCUT2D eigenvalue weighted by Gasteiger charge is -2.38. The number of ether oxygens (including phenoxy) is 3. The van der Waals surface area contributed by atoms with Gasteiger partial charge in [0.2, 0.25) is 5.91 Å². The number of hydrogen-bond acceptors (Lipinski definition) is 11. The van der Waals surface area contributed by atoms with Crippen molar-refractivity contribution in [3.63, 3.8) is 0 Å². The van der Waals surface area contributed by atoms with E-state index >= 15 is 0 Å². The predicted octanol–water partition coefficient (Wildman–Crippen LogP) is 6.11. The molecule has 2 fully saturated rings. The topological polar surface area (TPSA) is 168 Å². The third kappa shape index (κ3) is 10.8. The SMILES string of the molecule is CCn1c(-c2cccnc2C(C)OC)c(CC(C)(C)COC=O)c2cc(-c3cc(O)cc(CC(NC(=O)C(C(C)C)N(C)C(=O)OC4CN(C)C4)C(=O)N4CCCCN4)c3)ccc21. The number of pyridine rings is 1. The van der Waals surface area contributed by atoms with Crippen LogP contribution in [0.5, 0.6) is 5.75 Å². The average molecular weight is 868 g/mol. The molecule has 2 aromatic carbocycles. The van der Waals surface area contributed by atoms with Crippen molar-refractivity contribution in [2.24, 2.45) is 11.3 Å². The summed E-state index contributed by atoms with van der Waals surface area (Å²) < 4.78 is 19.0. The van der Waals surface area contributed by atoms with Gasteiger partial charge in [-0.25, -0.2) is 10.2 Å². The number of fused-ring (bicyclic) bond motifs is 1. The summed E-state index contributed by atoms with van der Waals surface area (Å²) >= 11 is 0. The number of aryl methyl sites for hydroxylation is 1. The van der Waals surface area contributed by atoms with Gasteiger partial charge in [0, 0.05) is 81.4 Å². The maximum absolute atomic E-state index is 14.3. The van der Waals surface area contributed by atoms with E-state index in [2.05, 4.69) is 54.3 Å². The summed E-state index contributed by atoms with van der Waals surface area (Å²) in [6, 6.07) is 13.5. The number of amides is 3. The van der Waals surface area contributed by atoms with Gasteiger partial charge < -0.3 is 29.2 Å². The fourth-order valence-electron chi connectivity index (χ4n) is 8.96. The number of phenols is 1. The zero-order chi connectivity index (χ0) is 45.6. The van der Waals surface area contributed by atoms with Gasteiger partial charge in [0.1, 0.15) is 23.9 Å². The molecule has 3 N–H and O–H groups in total. The molecule has 15 nitrogen and oxygen atoms in total. The number of benzene rings is 2. The number of hydrogen-bond donors (Lipinski definition) is 3. The molecule has 0 radical (unpaired) electrons. The highest BCUT2D eigenvalue weighted by molar-refractivity contribution is 5.96. The Morgan fingerprint density at radius 2 is 1.84 bits per heavy atom. The molecule has 2 aromatic heterocycles. The molecule has 0 bridgehead atoms. The molecule has 3 unspecified atom stereocenters. The molecule has 0 saturated carbocycles. The third-order valence-electron chi connectivity index (χ3n) is 12.2. The second kappa shape index (κ2) is 20.3. The van der Waals surface area contributed by atoms with Gasteiger partial charge in [0.05, 0.1) is 24.1 Å². The van der Waals surface area contributed by atoms with Crippen LogP contribution in [0, 0.1) is 11.3 Å². The minimum absolute atomic E-state index is 0.00753. The standard InChI is InChI=1S/C48H65N7O8/c1-10-54-41-16-15-33(24-38(41)39(25-48(5,6)28-62-29-56)44(54)37-14-13-17-49-42(37)31(4)61-9)34-20-32(21-35(57)23-34)22-40(46(59)55-19-12-11-18-50-55)51-45(58)43(30(2)3)53(8)47(60)63-36-26-52(7)27-36/h13-17,20-21,23-24,29-31,36,40,43,50,57H,10-12,18-19,22,25-28H2,1-9H3,(H,51,58). The largest absolute Gasteiger partial charge is 0.508 e. The van der Waals surface area contributed by atoms with E-state index in [0.717, 1.165) is 57.4 Å². The monoisotopic (exact) mass is 867 g/mol. The van der Waals surface area contributed by atoms with Gasteiger partial charge in [0.25, 0.3) is 12.4 Å². The smallest absolute Gasteiger partial charge is 0.410 e. The van der Waals surface area contributed by atoms with Gasteiger partial charge in [-0.3, -0.25) is 34.2 Å². The number of carbonyl (C=O) groups is 4. The van der Waals surface area contributed by atoms with Crippen LogP contribution in [0.3, 0.4) is 0 Å². The molecule has 0 aliphatic carbocycles. The summed E-state index contributed by atoms with van der Waals surface area (Å²) in [6.07, 6.45) is 3.05. The minimum atomic E-state index is -1.02. The number of methoxy groups -OCH3 is 1. The van der Waals surface area contributed by atoms with Gasteiger partial charge in [-0.2, -0.15) is 0 Å². The third-order valence-corrected chi connectivity index (χ3v) is 12.2. The fraction of sp³-hybridized carbons (Fsp3) is 0.521. The number of nitrogens with zero attached hydrogens (tertiary/aromatic N) is 5. The number of aromatic hydroxyl groups is 1. The first-order chi connectivity index (χ1) is 30.0. The van der Waals surface area contributed by atoms with Crippen molar-refractivity contribution in [3.8, 4) is 28.1 Å². The number of aromatic nitrogens is 2. The highest BCUT2D eigenvalue weighted by Crippen LogP contribution is 2.42. The first-order valence-electron chi connectivity index (χ1n) is 22.0. The Balaban J connectivity index is 1.39. The number of nitrogens with one attached hydrogen (secondary N) is 2. The lowest BCUT2D eigenvalue weighted by atomic mass is 9.84. The summed E-state index contributed by atoms with van der Waals surface area (Å²) in [5.41, 5.74) is 9.77. The van der Waals surface area contributed by atoms with Crippen molar-refractivity contribution in [2.45, 2.75) is 98.1 Å². The van der Waals surface area contributed by atoms with E-state index in [-0.39, 0.29) is 42.8 Å². The summed E-state index contributed by atoms with van der Waals surface area (Å²) in [7, 11) is 5.16. The predicted molar refractivity (Wildman–Crippen MR) is 242 cm³/mol. The van der Waals surface area contributed by atoms with Crippen LogP contribution >= 0.6 is 0 Å². The van der Waals surface area contributed by atoms with Crippen LogP contribution in [-0.4, -0.2) is 126 Å². The second-order valence-electron chi connectivity index (χ2n) is 18.2. The van der Waals surface area contributed by atoms with Crippen LogP contribution in [-0.2, 0) is 48.0 Å². The molecule has 63 heavy (non-hydrogen) atoms. The van der Waals surface area contributed by atoms with E-state index in [1.165, 1.54) is 4.90 Å². The number of likely N-dealkylation sites (tertiary alicyclic amines) is 1. The molecular weight excluding hydrogens is 803 g/mol. The van der Waals surface area contributed by atoms with Gasteiger partial charge in [0.15, 0.2) is 0 Å². The number of hydrazine groups is 1. The maximum Gasteiger partial charge on any atom is 0.410 e. The van der Waals surface area contributed by atoms with Crippen molar-refractivity contribution in [1.82, 2.24) is 35.1 Å². The van der Waals surface area contributed by atoms with E-state index in [0.29, 0.717) is 51.2 Å². The van der Waals surface area contributed by atoms with E-state index in [1.807, 2.05) is 50.9 Å². The quantitative estimate of drug-likeness (QED) is 0.0989. The van der Waals surface area contributed by atoms with E-state index < -0.39 is 29.5 Å². The Hall–Kier alpha value is -5.51. The highest BCUT2D eigenvalue weighted by Gasteiger charge is 2.37. The number of phenolic OH excluding ortho intramolecular Hbond substituents is 1. The molecule has 15 heteroatoms. The van der Waals surface area contributed by atoms with Crippen molar-refractivity contribution in [2.75, 3.05) is 54.0 Å². The van der Waals surface area contributed by atoms with Crippen LogP contribution in [0.1, 0.15) is 77.3 Å². The van der Waals surface area contributed by atoms with Crippen LogP contribution in [0.4, 0.5) is 4.79 Å². The molecular formula is C48H65N7O8. The first kappa shape index (κ1) is 47.0. The Kier molecular flexibility index (Phi) is 15.2. The Bertz CT molecular complexity index is 2260. The molecule has 2 saturated heterocycles. The molecule has 2 aliphatic rings. The molecule has 3 amide bonds. The van der Waals surface area contributed by atoms with Crippen LogP contribution in [0.25, 0.3) is 33.3 Å². The lowest BCUT2D eigenvalue weighted by molar-refractivity contribution is -0.141. The molecule has 2 aliphatic heterocycles. The molecule has 3 atom stereocenters. The highest BCUT2D eigenvalue weighted by atomic mass is 16.6. The molecule has 0 spiro atoms. The van der Waals surface area contributed by atoms with Crippen LogP contribution < -0.4 is 10.7 Å². The first-order valence-corrected chi connectivity index (χ1v) is 22.0. The van der Waals surface area contributed by atoms with Crippen LogP contribution in [0.2, 0.25) is 0 Å². The van der Waals surface area contributed by atoms with E-state index in [9.17, 15) is 24.3 Å². The lowest BCUT2D eigenvalue weighted by Crippen LogP contribution is -2.60. The van der Waals surface area contributed by atoms with Crippen molar-refractivity contribution < 1.29 is 38.5 Å². The van der Waals surface area contributed by atoms with E-state index in [1.54, 1.807) is 37.5 Å². The second-order valence-corrected chi connectivity index (χ2v) is 18.2. The van der Waals surface area contributed by atoms with Crippen LogP contribution in [0.15, 0.2) is 54.7 Å². The number of carbonyl (C=O) groups excluding carboxylic acids is 4. The molecule has 6 rings (SSSR count). The molecule has 4 heterocycles. The zero-order valence-corrected chi connectivity index (χ0v) is 38.3. The van der Waals surface area contributed by atoms with Crippen molar-refractivity contribution in [3.05, 3.63) is 71.5 Å². The summed E-state index contributed by atoms with van der Waals surface area (Å²) in [6.45, 7) is 15.7. The maximum atomic E-state index is 14.3. The minimum Gasteiger partial charge on any atom is -0.508 e. The molecule has 4 aromatic rings. The summed E-state index contributed by atoms with van der Waals surface area (Å²) in [5, 5.41) is 16.8. The van der Waals surface area contributed by atoms with E-state index in [4.69, 9.17) is 19.2 Å². The van der Waals surface area contributed by atoms with Gasteiger partial charge >= 0.3 is 6.09 Å². The Morgan fingerprint density at radius 1 is 1.08 bits per heavy atom. The zero-order valence-electron chi connectivity index (χ0n) is 38.3. The Labute approximate surface area is 371 Å². The average Bonchev–Trinajstić information content (AvgIpc) is 3.55. The fourth-order valence-corrected chi connectivity index (χ4v) is 8.96. The van der Waals surface area contributed by atoms with Gasteiger partial charge in [-0.1, -0.05) is 39.8 Å². The summed E-state index contributed by atoms with van der Waals surface area (Å²) in [4.78, 5) is 61.1. The van der Waals surface area contributed by atoms with Gasteiger partial charge in [-0.05, 0) is 105 Å². The van der Waals surface area contributed by atoms with Crippen molar-refractivity contribution in [1.29, 1.82) is 0 Å². The molecule has 340 valence electrons.